The van der Waals surface area contributed by atoms with E-state index in [9.17, 15) is 0 Å². The van der Waals surface area contributed by atoms with Gasteiger partial charge in [0.1, 0.15) is 0 Å². The largest absolute Gasteiger partial charge is 0.110 e. The predicted molar refractivity (Wildman–Crippen MR) is 27.1 cm³/mol. The summed E-state index contributed by atoms with van der Waals surface area (Å²) in [5.74, 6) is 0. The lowest BCUT2D eigenvalue weighted by Crippen LogP contribution is -1.91. The van der Waals surface area contributed by atoms with E-state index in [0.717, 1.165) is 0 Å². The topological polar surface area (TPSA) is 0 Å². The van der Waals surface area contributed by atoms with Crippen LogP contribution in [0.15, 0.2) is 0 Å². The first-order chi connectivity index (χ1) is 2.27. The Labute approximate surface area is 44.3 Å². The molecule has 0 rings (SSSR count). The van der Waals surface area contributed by atoms with Gasteiger partial charge in [-0.25, -0.2) is 0 Å². The van der Waals surface area contributed by atoms with E-state index in [-0.39, 0.29) is 4.46 Å². The van der Waals surface area contributed by atoms with Crippen molar-refractivity contribution < 1.29 is 0 Å². The van der Waals surface area contributed by atoms with Crippen molar-refractivity contribution in [2.24, 2.45) is 0 Å². The van der Waals surface area contributed by atoms with E-state index >= 15 is 0 Å². The van der Waals surface area contributed by atoms with Gasteiger partial charge in [0.15, 0.2) is 0 Å². The maximum Gasteiger partial charge on any atom is 0.0926 e. The van der Waals surface area contributed by atoms with E-state index in [1.54, 1.807) is 0 Å². The van der Waals surface area contributed by atoms with Crippen LogP contribution in [0.4, 0.5) is 0 Å². The van der Waals surface area contributed by atoms with E-state index in [1.165, 1.54) is 0 Å². The van der Waals surface area contributed by atoms with Gasteiger partial charge < -0.3 is 0 Å². The molecule has 0 aliphatic rings. The first-order valence-corrected chi connectivity index (χ1v) is 3.68. The lowest BCUT2D eigenvalue weighted by Gasteiger charge is -1.82. The molecule has 0 unspecified atom stereocenters. The average molecular weight is 127 g/mol. The van der Waals surface area contributed by atoms with Gasteiger partial charge in [0, 0.05) is 0 Å². The highest BCUT2D eigenvalue weighted by Gasteiger charge is 1.88. The molecule has 0 aromatic heterocycles. The third kappa shape index (κ3) is 4.80. The minimum absolute atomic E-state index is 0.144. The van der Waals surface area contributed by atoms with Gasteiger partial charge >= 0.3 is 0 Å². The summed E-state index contributed by atoms with van der Waals surface area (Å²) < 4.78 is -0.144. The summed E-state index contributed by atoms with van der Waals surface area (Å²) in [6.07, 6.45) is 0. The molecular weight excluding hydrogens is 123 g/mol. The zero-order valence-electron chi connectivity index (χ0n) is 2.83. The summed E-state index contributed by atoms with van der Waals surface area (Å²) in [5, 5.41) is 0. The van der Waals surface area contributed by atoms with Gasteiger partial charge in [-0.2, -0.15) is 0 Å². The molecule has 0 aromatic rings. The third-order valence-electron chi connectivity index (χ3n) is 0.218. The van der Waals surface area contributed by atoms with Crippen LogP contribution in [0.25, 0.3) is 0 Å². The molecule has 0 amide bonds. The van der Waals surface area contributed by atoms with Crippen LogP contribution < -0.4 is 0 Å². The first-order valence-electron chi connectivity index (χ1n) is 1.23. The lowest BCUT2D eigenvalue weighted by molar-refractivity contribution is 1.86. The highest BCUT2D eigenvalue weighted by molar-refractivity contribution is 6.67. The van der Waals surface area contributed by atoms with Gasteiger partial charge in [0.05, 0.1) is 14.0 Å². The molecule has 0 N–H and O–H groups in total. The van der Waals surface area contributed by atoms with E-state index < -0.39 is 0 Å². The molecule has 0 aliphatic carbocycles. The molecule has 0 bridgehead atoms. The zero-order valence-corrected chi connectivity index (χ0v) is 5.35. The lowest BCUT2D eigenvalue weighted by atomic mass is 11.8. The second kappa shape index (κ2) is 3.01. The highest BCUT2D eigenvalue weighted by atomic mass is 35.5. The van der Waals surface area contributed by atoms with E-state index in [0.29, 0.717) is 9.52 Å². The predicted octanol–water partition coefficient (Wildman–Crippen LogP) is 1.50. The second-order valence-electron chi connectivity index (χ2n) is 0.589. The van der Waals surface area contributed by atoms with Crippen LogP contribution in [-0.4, -0.2) is 14.0 Å². The summed E-state index contributed by atoms with van der Waals surface area (Å²) >= 11 is 10.5. The van der Waals surface area contributed by atoms with Crippen molar-refractivity contribution >= 4 is 32.7 Å². The van der Waals surface area contributed by atoms with Crippen molar-refractivity contribution in [2.75, 3.05) is 0 Å². The van der Waals surface area contributed by atoms with Crippen LogP contribution in [0.1, 0.15) is 0 Å². The maximum absolute atomic E-state index is 5.24. The van der Waals surface area contributed by atoms with Crippen molar-refractivity contribution in [3.63, 3.8) is 0 Å². The number of hydrogen-bond donors (Lipinski definition) is 0. The van der Waals surface area contributed by atoms with Gasteiger partial charge in [0.25, 0.3) is 0 Å². The molecule has 5 heavy (non-hydrogen) atoms. The van der Waals surface area contributed by atoms with Gasteiger partial charge in [-0.05, 0) is 0 Å². The minimum atomic E-state index is -0.144. The Hall–Kier alpha value is 0.797. The zero-order chi connectivity index (χ0) is 4.28. The Morgan fingerprint density at radius 2 is 1.80 bits per heavy atom. The number of alkyl halides is 2. The Balaban J connectivity index is 2.54. The van der Waals surface area contributed by atoms with Gasteiger partial charge in [-0.3, -0.25) is 0 Å². The average Bonchev–Trinajstić information content (AvgIpc) is 1.38. The fourth-order valence-electron chi connectivity index (χ4n) is 0. The normalized spacial score (nSPS) is 9.60. The summed E-state index contributed by atoms with van der Waals surface area (Å²) in [4.78, 5) is 0. The molecule has 30 valence electrons. The molecule has 0 fully saturated rings. The molecule has 0 aromatic carbocycles. The molecule has 0 aliphatic heterocycles. The molecule has 3 heteroatoms. The third-order valence-corrected chi connectivity index (χ3v) is 1.96. The number of halogens is 2. The Kier molecular flexibility index (Phi) is 3.48. The molecule has 0 saturated heterocycles. The number of hydrogen-bond acceptors (Lipinski definition) is 0. The van der Waals surface area contributed by atoms with Gasteiger partial charge in [-0.1, -0.05) is 6.55 Å². The Morgan fingerprint density at radius 3 is 1.80 bits per heavy atom. The van der Waals surface area contributed by atoms with Crippen molar-refractivity contribution in [3.8, 4) is 0 Å². The van der Waals surface area contributed by atoms with Crippen LogP contribution in [-0.2, 0) is 0 Å². The SMILES string of the molecule is C[Si]C(Cl)Cl. The fourth-order valence-corrected chi connectivity index (χ4v) is 0. The van der Waals surface area contributed by atoms with Crippen molar-refractivity contribution in [3.05, 3.63) is 0 Å². The van der Waals surface area contributed by atoms with E-state index in [2.05, 4.69) is 0 Å². The van der Waals surface area contributed by atoms with Crippen molar-refractivity contribution in [2.45, 2.75) is 11.0 Å². The van der Waals surface area contributed by atoms with Crippen LogP contribution in [0.3, 0.4) is 0 Å². The summed E-state index contributed by atoms with van der Waals surface area (Å²) in [7, 11) is 0.645. The standard InChI is InChI=1S/C2H4Cl2Si/c1-5-2(3)4/h2H,1H3. The maximum atomic E-state index is 5.24. The Morgan fingerprint density at radius 1 is 1.60 bits per heavy atom. The van der Waals surface area contributed by atoms with Crippen molar-refractivity contribution in [1.82, 2.24) is 0 Å². The number of rotatable bonds is 1. The molecule has 0 spiro atoms. The minimum Gasteiger partial charge on any atom is -0.110 e. The quantitative estimate of drug-likeness (QED) is 0.370. The second-order valence-corrected chi connectivity index (χ2v) is 3.57. The fraction of sp³-hybridized carbons (Fsp3) is 1.00. The monoisotopic (exact) mass is 126 g/mol. The Bertz CT molecular complexity index is 21.6. The van der Waals surface area contributed by atoms with E-state index in [1.807, 2.05) is 6.55 Å². The molecule has 0 nitrogen and oxygen atoms in total. The van der Waals surface area contributed by atoms with Crippen LogP contribution >= 0.6 is 23.2 Å². The summed E-state index contributed by atoms with van der Waals surface area (Å²) in [6.45, 7) is 1.96. The molecule has 0 heterocycles. The van der Waals surface area contributed by atoms with Gasteiger partial charge in [-0.15, -0.1) is 23.2 Å². The molecular formula is C2H4Cl2Si. The molecule has 0 saturated carbocycles. The van der Waals surface area contributed by atoms with Crippen LogP contribution in [0, 0.1) is 0 Å². The molecule has 0 atom stereocenters. The first kappa shape index (κ1) is 5.80. The summed E-state index contributed by atoms with van der Waals surface area (Å²) in [5.41, 5.74) is 0. The highest BCUT2D eigenvalue weighted by Crippen LogP contribution is 1.95. The van der Waals surface area contributed by atoms with Crippen LogP contribution in [0.2, 0.25) is 6.55 Å². The van der Waals surface area contributed by atoms with Crippen LogP contribution in [0.5, 0.6) is 0 Å². The van der Waals surface area contributed by atoms with E-state index in [4.69, 9.17) is 23.2 Å². The van der Waals surface area contributed by atoms with Crippen molar-refractivity contribution in [1.29, 1.82) is 0 Å². The summed E-state index contributed by atoms with van der Waals surface area (Å²) in [6, 6.07) is 0. The molecule has 2 radical (unpaired) electrons. The van der Waals surface area contributed by atoms with Gasteiger partial charge in [0.2, 0.25) is 0 Å². The smallest absolute Gasteiger partial charge is 0.0926 e.